The topological polar surface area (TPSA) is 0 Å². The van der Waals surface area contributed by atoms with Crippen molar-refractivity contribution in [1.29, 1.82) is 0 Å². The van der Waals surface area contributed by atoms with Gasteiger partial charge in [0.05, 0.1) is 10.0 Å². The fourth-order valence-corrected chi connectivity index (χ4v) is 3.58. The van der Waals surface area contributed by atoms with Crippen LogP contribution in [0.25, 0.3) is 0 Å². The fourth-order valence-electron chi connectivity index (χ4n) is 3.27. The second-order valence-corrected chi connectivity index (χ2v) is 6.45. The predicted molar refractivity (Wildman–Crippen MR) is 86.8 cm³/mol. The van der Waals surface area contributed by atoms with Crippen molar-refractivity contribution in [1.82, 2.24) is 0 Å². The lowest BCUT2D eigenvalue weighted by Gasteiger charge is -2.31. The largest absolute Gasteiger partial charge is 0.0827 e. The van der Waals surface area contributed by atoms with Gasteiger partial charge in [0.15, 0.2) is 0 Å². The minimum atomic E-state index is 0.444. The SMILES string of the molecule is CCC1Cc2ccccc2C(c2ccc(Cl)c(Cl)c2)C1. The Morgan fingerprint density at radius 1 is 1.05 bits per heavy atom. The van der Waals surface area contributed by atoms with Crippen molar-refractivity contribution in [2.75, 3.05) is 0 Å². The minimum Gasteiger partial charge on any atom is -0.0827 e. The molecular formula is C18H18Cl2. The van der Waals surface area contributed by atoms with Gasteiger partial charge in [-0.3, -0.25) is 0 Å². The van der Waals surface area contributed by atoms with E-state index in [1.165, 1.54) is 36.0 Å². The zero-order chi connectivity index (χ0) is 14.1. The maximum atomic E-state index is 6.20. The lowest BCUT2D eigenvalue weighted by Crippen LogP contribution is -2.19. The van der Waals surface area contributed by atoms with Gasteiger partial charge in [-0.25, -0.2) is 0 Å². The Hall–Kier alpha value is -0.980. The van der Waals surface area contributed by atoms with E-state index in [0.717, 1.165) is 5.92 Å². The van der Waals surface area contributed by atoms with E-state index < -0.39 is 0 Å². The molecule has 0 fully saturated rings. The maximum Gasteiger partial charge on any atom is 0.0595 e. The average Bonchev–Trinajstić information content (AvgIpc) is 2.49. The number of hydrogen-bond donors (Lipinski definition) is 0. The third kappa shape index (κ3) is 2.60. The van der Waals surface area contributed by atoms with Crippen molar-refractivity contribution in [3.63, 3.8) is 0 Å². The summed E-state index contributed by atoms with van der Waals surface area (Å²) in [6.45, 7) is 2.28. The van der Waals surface area contributed by atoms with Gasteiger partial charge < -0.3 is 0 Å². The first kappa shape index (κ1) is 14.0. The molecule has 0 saturated heterocycles. The average molecular weight is 305 g/mol. The quantitative estimate of drug-likeness (QED) is 0.629. The summed E-state index contributed by atoms with van der Waals surface area (Å²) in [7, 11) is 0. The summed E-state index contributed by atoms with van der Waals surface area (Å²) in [5.74, 6) is 1.20. The van der Waals surface area contributed by atoms with Crippen LogP contribution < -0.4 is 0 Å². The van der Waals surface area contributed by atoms with E-state index in [0.29, 0.717) is 16.0 Å². The molecule has 0 aromatic heterocycles. The van der Waals surface area contributed by atoms with Crippen molar-refractivity contribution in [2.45, 2.75) is 32.1 Å². The molecule has 0 saturated carbocycles. The Labute approximate surface area is 130 Å². The molecule has 2 unspecified atom stereocenters. The molecular weight excluding hydrogens is 287 g/mol. The molecule has 0 spiro atoms. The molecule has 20 heavy (non-hydrogen) atoms. The molecule has 104 valence electrons. The number of rotatable bonds is 2. The van der Waals surface area contributed by atoms with E-state index in [1.807, 2.05) is 12.1 Å². The number of fused-ring (bicyclic) bond motifs is 1. The normalized spacial score (nSPS) is 21.6. The highest BCUT2D eigenvalue weighted by atomic mass is 35.5. The van der Waals surface area contributed by atoms with Crippen LogP contribution in [0.15, 0.2) is 42.5 Å². The molecule has 2 atom stereocenters. The van der Waals surface area contributed by atoms with Crippen molar-refractivity contribution in [3.05, 3.63) is 69.2 Å². The van der Waals surface area contributed by atoms with E-state index in [4.69, 9.17) is 23.2 Å². The van der Waals surface area contributed by atoms with E-state index >= 15 is 0 Å². The van der Waals surface area contributed by atoms with E-state index in [-0.39, 0.29) is 0 Å². The van der Waals surface area contributed by atoms with Crippen LogP contribution in [0.4, 0.5) is 0 Å². The first-order chi connectivity index (χ1) is 9.69. The van der Waals surface area contributed by atoms with Crippen molar-refractivity contribution in [3.8, 4) is 0 Å². The van der Waals surface area contributed by atoms with Crippen LogP contribution in [0.2, 0.25) is 10.0 Å². The number of benzene rings is 2. The standard InChI is InChI=1S/C18H18Cl2/c1-2-12-9-13-5-3-4-6-15(13)16(10-12)14-7-8-17(19)18(20)11-14/h3-8,11-12,16H,2,9-10H2,1H3. The fraction of sp³-hybridized carbons (Fsp3) is 0.333. The highest BCUT2D eigenvalue weighted by Gasteiger charge is 2.27. The lowest BCUT2D eigenvalue weighted by molar-refractivity contribution is 0.416. The van der Waals surface area contributed by atoms with Gasteiger partial charge in [0, 0.05) is 5.92 Å². The van der Waals surface area contributed by atoms with Gasteiger partial charge in [0.25, 0.3) is 0 Å². The Balaban J connectivity index is 2.05. The number of halogens is 2. The van der Waals surface area contributed by atoms with Gasteiger partial charge in [-0.15, -0.1) is 0 Å². The highest BCUT2D eigenvalue weighted by molar-refractivity contribution is 6.42. The van der Waals surface area contributed by atoms with E-state index in [1.54, 1.807) is 0 Å². The first-order valence-corrected chi connectivity index (χ1v) is 7.97. The highest BCUT2D eigenvalue weighted by Crippen LogP contribution is 2.41. The Morgan fingerprint density at radius 2 is 1.85 bits per heavy atom. The molecule has 2 aromatic carbocycles. The van der Waals surface area contributed by atoms with Crippen LogP contribution in [0.3, 0.4) is 0 Å². The van der Waals surface area contributed by atoms with Gasteiger partial charge in [-0.2, -0.15) is 0 Å². The second-order valence-electron chi connectivity index (χ2n) is 5.64. The van der Waals surface area contributed by atoms with Gasteiger partial charge in [-0.05, 0) is 47.6 Å². The summed E-state index contributed by atoms with van der Waals surface area (Å²) in [4.78, 5) is 0. The lowest BCUT2D eigenvalue weighted by atomic mass is 9.73. The van der Waals surface area contributed by atoms with Gasteiger partial charge in [0.1, 0.15) is 0 Å². The molecule has 0 N–H and O–H groups in total. The summed E-state index contributed by atoms with van der Waals surface area (Å²) < 4.78 is 0. The third-order valence-electron chi connectivity index (χ3n) is 4.43. The third-order valence-corrected chi connectivity index (χ3v) is 5.17. The summed E-state index contributed by atoms with van der Waals surface area (Å²) >= 11 is 12.2. The molecule has 0 bridgehead atoms. The smallest absolute Gasteiger partial charge is 0.0595 e. The van der Waals surface area contributed by atoms with Crippen LogP contribution in [0.5, 0.6) is 0 Å². The molecule has 2 aromatic rings. The summed E-state index contributed by atoms with van der Waals surface area (Å²) in [6.07, 6.45) is 3.63. The van der Waals surface area contributed by atoms with Gasteiger partial charge in [0.2, 0.25) is 0 Å². The summed E-state index contributed by atoms with van der Waals surface area (Å²) in [5, 5.41) is 1.28. The van der Waals surface area contributed by atoms with Crippen molar-refractivity contribution >= 4 is 23.2 Å². The van der Waals surface area contributed by atoms with Crippen LogP contribution >= 0.6 is 23.2 Å². The van der Waals surface area contributed by atoms with E-state index in [9.17, 15) is 0 Å². The summed E-state index contributed by atoms with van der Waals surface area (Å²) in [6, 6.07) is 14.9. The molecule has 0 heterocycles. The zero-order valence-corrected chi connectivity index (χ0v) is 13.1. The van der Waals surface area contributed by atoms with Crippen molar-refractivity contribution in [2.24, 2.45) is 5.92 Å². The molecule has 0 aliphatic heterocycles. The molecule has 0 amide bonds. The van der Waals surface area contributed by atoms with E-state index in [2.05, 4.69) is 37.3 Å². The zero-order valence-electron chi connectivity index (χ0n) is 11.6. The molecule has 0 nitrogen and oxygen atoms in total. The monoisotopic (exact) mass is 304 g/mol. The maximum absolute atomic E-state index is 6.20. The minimum absolute atomic E-state index is 0.444. The van der Waals surface area contributed by atoms with Crippen LogP contribution in [0.1, 0.15) is 42.4 Å². The first-order valence-electron chi connectivity index (χ1n) is 7.21. The molecule has 1 aliphatic carbocycles. The molecule has 0 radical (unpaired) electrons. The summed E-state index contributed by atoms with van der Waals surface area (Å²) in [5.41, 5.74) is 4.22. The van der Waals surface area contributed by atoms with Crippen LogP contribution in [0, 0.1) is 5.92 Å². The second kappa shape index (κ2) is 5.79. The van der Waals surface area contributed by atoms with Gasteiger partial charge in [-0.1, -0.05) is 66.9 Å². The Morgan fingerprint density at radius 3 is 2.60 bits per heavy atom. The molecule has 1 aliphatic rings. The Bertz CT molecular complexity index is 619. The predicted octanol–water partition coefficient (Wildman–Crippen LogP) is 6.10. The molecule has 2 heteroatoms. The van der Waals surface area contributed by atoms with Crippen LogP contribution in [-0.2, 0) is 6.42 Å². The van der Waals surface area contributed by atoms with Crippen LogP contribution in [-0.4, -0.2) is 0 Å². The van der Waals surface area contributed by atoms with Crippen molar-refractivity contribution < 1.29 is 0 Å². The van der Waals surface area contributed by atoms with Gasteiger partial charge >= 0.3 is 0 Å². The number of hydrogen-bond acceptors (Lipinski definition) is 0. The molecule has 3 rings (SSSR count). The Kier molecular flexibility index (Phi) is 4.05.